The van der Waals surface area contributed by atoms with Crippen LogP contribution in [0.5, 0.6) is 5.75 Å². The molecule has 0 aliphatic rings. The van der Waals surface area contributed by atoms with E-state index in [1.807, 2.05) is 0 Å². The molecule has 0 aromatic heterocycles. The van der Waals surface area contributed by atoms with Crippen molar-refractivity contribution >= 4 is 45.6 Å². The number of phenolic OH excluding ortho intramolecular Hbond substituents is 1. The molecule has 2 aromatic rings. The molecular formula is C18H16BrN3O5. The maximum Gasteiger partial charge on any atom is 0.338 e. The van der Waals surface area contributed by atoms with Gasteiger partial charge in [0, 0.05) is 15.7 Å². The fourth-order valence-electron chi connectivity index (χ4n) is 1.93. The van der Waals surface area contributed by atoms with Crippen LogP contribution >= 0.6 is 15.9 Å². The highest BCUT2D eigenvalue weighted by Gasteiger charge is 2.13. The number of carbonyl (C=O) groups is 3. The summed E-state index contributed by atoms with van der Waals surface area (Å²) in [6.07, 6.45) is 1.21. The predicted octanol–water partition coefficient (Wildman–Crippen LogP) is 2.42. The lowest BCUT2D eigenvalue weighted by molar-refractivity contribution is -0.136. The van der Waals surface area contributed by atoms with E-state index in [1.165, 1.54) is 36.5 Å². The molecule has 2 aromatic carbocycles. The average Bonchev–Trinajstić information content (AvgIpc) is 2.65. The molecule has 3 N–H and O–H groups in total. The third-order valence-corrected chi connectivity index (χ3v) is 3.71. The van der Waals surface area contributed by atoms with Crippen molar-refractivity contribution in [3.8, 4) is 5.75 Å². The Morgan fingerprint density at radius 1 is 1.15 bits per heavy atom. The van der Waals surface area contributed by atoms with Crippen LogP contribution in [0.25, 0.3) is 0 Å². The summed E-state index contributed by atoms with van der Waals surface area (Å²) in [5, 5.41) is 15.7. The van der Waals surface area contributed by atoms with Gasteiger partial charge < -0.3 is 15.2 Å². The molecule has 0 radical (unpaired) electrons. The summed E-state index contributed by atoms with van der Waals surface area (Å²) in [5.74, 6) is -2.43. The van der Waals surface area contributed by atoms with E-state index in [0.29, 0.717) is 16.8 Å². The van der Waals surface area contributed by atoms with E-state index in [1.54, 1.807) is 19.1 Å². The number of esters is 1. The van der Waals surface area contributed by atoms with Gasteiger partial charge in [-0.05, 0) is 49.4 Å². The molecule has 0 heterocycles. The number of phenols is 1. The molecule has 2 amide bonds. The Morgan fingerprint density at radius 2 is 1.85 bits per heavy atom. The largest absolute Gasteiger partial charge is 0.507 e. The van der Waals surface area contributed by atoms with Crippen molar-refractivity contribution in [1.29, 1.82) is 0 Å². The van der Waals surface area contributed by atoms with Gasteiger partial charge >= 0.3 is 17.8 Å². The number of hydrazone groups is 1. The van der Waals surface area contributed by atoms with Crippen molar-refractivity contribution < 1.29 is 24.2 Å². The topological polar surface area (TPSA) is 117 Å². The first-order valence-corrected chi connectivity index (χ1v) is 8.60. The Hall–Kier alpha value is -3.20. The second kappa shape index (κ2) is 9.48. The summed E-state index contributed by atoms with van der Waals surface area (Å²) in [6.45, 7) is 1.96. The summed E-state index contributed by atoms with van der Waals surface area (Å²) in [4.78, 5) is 35.2. The third-order valence-electron chi connectivity index (χ3n) is 3.22. The number of amides is 2. The SMILES string of the molecule is CCOC(=O)c1ccc(NC(=O)C(=O)N/N=C/c2cc(Br)ccc2O)cc1. The van der Waals surface area contributed by atoms with Gasteiger partial charge in [0.1, 0.15) is 5.75 Å². The van der Waals surface area contributed by atoms with Crippen LogP contribution in [0, 0.1) is 0 Å². The molecule has 0 aliphatic heterocycles. The number of halogens is 1. The van der Waals surface area contributed by atoms with Gasteiger partial charge in [-0.25, -0.2) is 10.2 Å². The molecule has 0 unspecified atom stereocenters. The number of anilines is 1. The quantitative estimate of drug-likeness (QED) is 0.289. The zero-order valence-corrected chi connectivity index (χ0v) is 15.8. The lowest BCUT2D eigenvalue weighted by Gasteiger charge is -2.05. The monoisotopic (exact) mass is 433 g/mol. The minimum absolute atomic E-state index is 0.0256. The van der Waals surface area contributed by atoms with E-state index in [4.69, 9.17) is 4.74 Å². The van der Waals surface area contributed by atoms with E-state index in [2.05, 4.69) is 31.8 Å². The molecule has 27 heavy (non-hydrogen) atoms. The summed E-state index contributed by atoms with van der Waals surface area (Å²) in [6, 6.07) is 10.6. The van der Waals surface area contributed by atoms with Crippen LogP contribution < -0.4 is 10.7 Å². The number of ether oxygens (including phenoxy) is 1. The fourth-order valence-corrected chi connectivity index (χ4v) is 2.31. The van der Waals surface area contributed by atoms with E-state index < -0.39 is 17.8 Å². The van der Waals surface area contributed by atoms with Gasteiger partial charge in [0.15, 0.2) is 0 Å². The molecule has 9 heteroatoms. The molecule has 0 saturated heterocycles. The lowest BCUT2D eigenvalue weighted by Crippen LogP contribution is -2.32. The molecule has 0 atom stereocenters. The van der Waals surface area contributed by atoms with Crippen molar-refractivity contribution in [3.63, 3.8) is 0 Å². The van der Waals surface area contributed by atoms with E-state index in [0.717, 1.165) is 4.47 Å². The maximum atomic E-state index is 11.9. The first-order valence-electron chi connectivity index (χ1n) is 7.80. The van der Waals surface area contributed by atoms with Crippen LogP contribution in [0.4, 0.5) is 5.69 Å². The molecule has 0 saturated carbocycles. The molecule has 0 aliphatic carbocycles. The highest BCUT2D eigenvalue weighted by molar-refractivity contribution is 9.10. The summed E-state index contributed by atoms with van der Waals surface area (Å²) < 4.78 is 5.58. The van der Waals surface area contributed by atoms with Gasteiger partial charge in [0.2, 0.25) is 0 Å². The Kier molecular flexibility index (Phi) is 7.07. The van der Waals surface area contributed by atoms with Gasteiger partial charge in [0.25, 0.3) is 0 Å². The number of rotatable bonds is 5. The highest BCUT2D eigenvalue weighted by atomic mass is 79.9. The van der Waals surface area contributed by atoms with Crippen LogP contribution in [0.15, 0.2) is 52.0 Å². The number of carbonyl (C=O) groups excluding carboxylic acids is 3. The third kappa shape index (κ3) is 5.93. The van der Waals surface area contributed by atoms with Crippen molar-refractivity contribution in [1.82, 2.24) is 5.43 Å². The summed E-state index contributed by atoms with van der Waals surface area (Å²) >= 11 is 3.25. The van der Waals surface area contributed by atoms with E-state index in [9.17, 15) is 19.5 Å². The lowest BCUT2D eigenvalue weighted by atomic mass is 10.2. The van der Waals surface area contributed by atoms with Gasteiger partial charge in [-0.1, -0.05) is 15.9 Å². The van der Waals surface area contributed by atoms with Crippen molar-refractivity contribution in [2.24, 2.45) is 5.10 Å². The van der Waals surface area contributed by atoms with Gasteiger partial charge in [-0.2, -0.15) is 5.10 Å². The number of hydrogen-bond acceptors (Lipinski definition) is 6. The highest BCUT2D eigenvalue weighted by Crippen LogP contribution is 2.19. The minimum atomic E-state index is -0.991. The second-order valence-corrected chi connectivity index (χ2v) is 6.07. The Balaban J connectivity index is 1.91. The normalized spacial score (nSPS) is 10.4. The first-order chi connectivity index (χ1) is 12.9. The molecular weight excluding hydrogens is 418 g/mol. The van der Waals surface area contributed by atoms with Crippen molar-refractivity contribution in [2.45, 2.75) is 6.92 Å². The zero-order valence-electron chi connectivity index (χ0n) is 14.2. The Morgan fingerprint density at radius 3 is 2.52 bits per heavy atom. The van der Waals surface area contributed by atoms with Gasteiger partial charge in [-0.15, -0.1) is 0 Å². The smallest absolute Gasteiger partial charge is 0.338 e. The van der Waals surface area contributed by atoms with Crippen LogP contribution in [0.3, 0.4) is 0 Å². The maximum absolute atomic E-state index is 11.9. The standard InChI is InChI=1S/C18H16BrN3O5/c1-2-27-18(26)11-3-6-14(7-4-11)21-16(24)17(25)22-20-10-12-9-13(19)5-8-15(12)23/h3-10,23H,2H2,1H3,(H,21,24)(H,22,25)/b20-10+. The van der Waals surface area contributed by atoms with E-state index >= 15 is 0 Å². The van der Waals surface area contributed by atoms with E-state index in [-0.39, 0.29) is 12.4 Å². The molecule has 8 nitrogen and oxygen atoms in total. The molecule has 0 spiro atoms. The Labute approximate surface area is 163 Å². The van der Waals surface area contributed by atoms with Crippen molar-refractivity contribution in [3.05, 3.63) is 58.1 Å². The molecule has 0 fully saturated rings. The molecule has 2 rings (SSSR count). The van der Waals surface area contributed by atoms with Crippen molar-refractivity contribution in [2.75, 3.05) is 11.9 Å². The van der Waals surface area contributed by atoms with Gasteiger partial charge in [0.05, 0.1) is 18.4 Å². The van der Waals surface area contributed by atoms with Crippen LogP contribution in [-0.2, 0) is 14.3 Å². The number of aromatic hydroxyl groups is 1. The average molecular weight is 434 g/mol. The summed E-state index contributed by atoms with van der Waals surface area (Å²) in [5.41, 5.74) is 3.08. The van der Waals surface area contributed by atoms with Crippen LogP contribution in [-0.4, -0.2) is 35.7 Å². The number of nitrogens with zero attached hydrogens (tertiary/aromatic N) is 1. The minimum Gasteiger partial charge on any atom is -0.507 e. The number of nitrogens with one attached hydrogen (secondary N) is 2. The zero-order chi connectivity index (χ0) is 19.8. The number of hydrogen-bond donors (Lipinski definition) is 3. The molecule has 0 bridgehead atoms. The van der Waals surface area contributed by atoms with Gasteiger partial charge in [-0.3, -0.25) is 9.59 Å². The summed E-state index contributed by atoms with van der Waals surface area (Å²) in [7, 11) is 0. The fraction of sp³-hybridized carbons (Fsp3) is 0.111. The first kappa shape index (κ1) is 20.1. The van der Waals surface area contributed by atoms with Crippen LogP contribution in [0.1, 0.15) is 22.8 Å². The second-order valence-electron chi connectivity index (χ2n) is 5.15. The predicted molar refractivity (Wildman–Crippen MR) is 103 cm³/mol. The Bertz CT molecular complexity index is 881. The number of benzene rings is 2. The van der Waals surface area contributed by atoms with Crippen LogP contribution in [0.2, 0.25) is 0 Å². The molecule has 140 valence electrons.